The van der Waals surface area contributed by atoms with E-state index in [2.05, 4.69) is 46.0 Å². The number of hydrogen-bond acceptors (Lipinski definition) is 5. The van der Waals surface area contributed by atoms with Crippen molar-refractivity contribution in [1.29, 1.82) is 0 Å². The Morgan fingerprint density at radius 3 is 2.54 bits per heavy atom. The van der Waals surface area contributed by atoms with Crippen molar-refractivity contribution in [3.63, 3.8) is 0 Å². The summed E-state index contributed by atoms with van der Waals surface area (Å²) in [5.41, 5.74) is 2.99. The largest absolute Gasteiger partial charge is 0.372 e. The van der Waals surface area contributed by atoms with Gasteiger partial charge in [0, 0.05) is 30.0 Å². The number of pyridine rings is 1. The molecule has 6 heteroatoms. The minimum Gasteiger partial charge on any atom is -0.372 e. The second-order valence-electron chi connectivity index (χ2n) is 6.29. The summed E-state index contributed by atoms with van der Waals surface area (Å²) in [6, 6.07) is 11.6. The van der Waals surface area contributed by atoms with E-state index < -0.39 is 0 Å². The van der Waals surface area contributed by atoms with Crippen LogP contribution in [-0.4, -0.2) is 28.2 Å². The van der Waals surface area contributed by atoms with Crippen LogP contribution in [0.25, 0.3) is 22.8 Å². The smallest absolute Gasteiger partial charge is 0.259 e. The zero-order chi connectivity index (χ0) is 18.5. The number of aryl methyl sites for hydroxylation is 1. The van der Waals surface area contributed by atoms with Gasteiger partial charge >= 0.3 is 0 Å². The molecule has 3 rings (SSSR count). The molecule has 0 spiro atoms. The van der Waals surface area contributed by atoms with E-state index in [1.54, 1.807) is 6.07 Å². The maximum Gasteiger partial charge on any atom is 0.259 e. The number of aromatic amines is 1. The van der Waals surface area contributed by atoms with Crippen LogP contribution in [-0.2, 0) is 0 Å². The van der Waals surface area contributed by atoms with Crippen molar-refractivity contribution in [3.05, 3.63) is 52.4 Å². The first-order valence-electron chi connectivity index (χ1n) is 9.01. The number of nitrogens with one attached hydrogen (secondary N) is 1. The van der Waals surface area contributed by atoms with Gasteiger partial charge in [-0.2, -0.15) is 4.98 Å². The average molecular weight is 352 g/mol. The first-order valence-corrected chi connectivity index (χ1v) is 9.01. The van der Waals surface area contributed by atoms with Crippen LogP contribution in [0.5, 0.6) is 0 Å². The van der Waals surface area contributed by atoms with Crippen LogP contribution >= 0.6 is 0 Å². The van der Waals surface area contributed by atoms with Gasteiger partial charge in [0.1, 0.15) is 0 Å². The predicted octanol–water partition coefficient (Wildman–Crippen LogP) is 4.03. The SMILES string of the molecule is CCCCN(CC)c1ccc(-c2nc(-c3ccc(C)[nH]c3=O)no2)cc1. The highest BCUT2D eigenvalue weighted by Gasteiger charge is 2.14. The van der Waals surface area contributed by atoms with Crippen molar-refractivity contribution in [2.75, 3.05) is 18.0 Å². The number of H-pyrrole nitrogens is 1. The average Bonchev–Trinajstić information content (AvgIpc) is 3.12. The maximum absolute atomic E-state index is 12.0. The van der Waals surface area contributed by atoms with E-state index >= 15 is 0 Å². The summed E-state index contributed by atoms with van der Waals surface area (Å²) < 4.78 is 5.35. The lowest BCUT2D eigenvalue weighted by atomic mass is 10.2. The van der Waals surface area contributed by atoms with Gasteiger partial charge in [-0.05, 0) is 56.7 Å². The molecule has 0 fully saturated rings. The molecule has 2 heterocycles. The monoisotopic (exact) mass is 352 g/mol. The summed E-state index contributed by atoms with van der Waals surface area (Å²) in [6.07, 6.45) is 2.35. The molecule has 2 aromatic heterocycles. The van der Waals surface area contributed by atoms with E-state index in [0.29, 0.717) is 17.3 Å². The van der Waals surface area contributed by atoms with Crippen LogP contribution in [0.15, 0.2) is 45.7 Å². The molecule has 0 aliphatic rings. The van der Waals surface area contributed by atoms with Gasteiger partial charge in [-0.1, -0.05) is 18.5 Å². The molecule has 0 unspecified atom stereocenters. The van der Waals surface area contributed by atoms with Crippen molar-refractivity contribution in [1.82, 2.24) is 15.1 Å². The Balaban J connectivity index is 1.82. The van der Waals surface area contributed by atoms with Gasteiger partial charge in [0.05, 0.1) is 5.56 Å². The molecule has 1 aromatic carbocycles. The van der Waals surface area contributed by atoms with E-state index in [1.807, 2.05) is 25.1 Å². The lowest BCUT2D eigenvalue weighted by Gasteiger charge is -2.22. The number of benzene rings is 1. The maximum atomic E-state index is 12.0. The second-order valence-corrected chi connectivity index (χ2v) is 6.29. The van der Waals surface area contributed by atoms with Gasteiger partial charge < -0.3 is 14.4 Å². The fraction of sp³-hybridized carbons (Fsp3) is 0.350. The topological polar surface area (TPSA) is 75.0 Å². The third kappa shape index (κ3) is 3.85. The first-order chi connectivity index (χ1) is 12.6. The molecule has 0 saturated carbocycles. The number of aromatic nitrogens is 3. The summed E-state index contributed by atoms with van der Waals surface area (Å²) >= 11 is 0. The first kappa shape index (κ1) is 17.9. The van der Waals surface area contributed by atoms with Crippen molar-refractivity contribution in [2.45, 2.75) is 33.6 Å². The Hall–Kier alpha value is -2.89. The van der Waals surface area contributed by atoms with Crippen molar-refractivity contribution < 1.29 is 4.52 Å². The van der Waals surface area contributed by atoms with Crippen LogP contribution in [0, 0.1) is 6.92 Å². The Bertz CT molecular complexity index is 912. The Morgan fingerprint density at radius 2 is 1.88 bits per heavy atom. The highest BCUT2D eigenvalue weighted by atomic mass is 16.5. The summed E-state index contributed by atoms with van der Waals surface area (Å²) in [6.45, 7) is 8.21. The van der Waals surface area contributed by atoms with Gasteiger partial charge in [-0.3, -0.25) is 4.79 Å². The number of nitrogens with zero attached hydrogens (tertiary/aromatic N) is 3. The molecule has 1 N–H and O–H groups in total. The number of anilines is 1. The molecule has 0 aliphatic carbocycles. The summed E-state index contributed by atoms with van der Waals surface area (Å²) in [4.78, 5) is 21.5. The van der Waals surface area contributed by atoms with Crippen molar-refractivity contribution in [2.24, 2.45) is 0 Å². The van der Waals surface area contributed by atoms with Crippen LogP contribution in [0.1, 0.15) is 32.4 Å². The van der Waals surface area contributed by atoms with Crippen LogP contribution in [0.2, 0.25) is 0 Å². The van der Waals surface area contributed by atoms with Crippen LogP contribution in [0.3, 0.4) is 0 Å². The highest BCUT2D eigenvalue weighted by molar-refractivity contribution is 5.62. The molecule has 26 heavy (non-hydrogen) atoms. The van der Waals surface area contributed by atoms with Gasteiger partial charge in [0.25, 0.3) is 11.4 Å². The fourth-order valence-electron chi connectivity index (χ4n) is 2.83. The third-order valence-electron chi connectivity index (χ3n) is 4.36. The van der Waals surface area contributed by atoms with Crippen molar-refractivity contribution in [3.8, 4) is 22.8 Å². The predicted molar refractivity (Wildman–Crippen MR) is 103 cm³/mol. The van der Waals surface area contributed by atoms with Crippen molar-refractivity contribution >= 4 is 5.69 Å². The zero-order valence-corrected chi connectivity index (χ0v) is 15.5. The Labute approximate surface area is 152 Å². The zero-order valence-electron chi connectivity index (χ0n) is 15.5. The third-order valence-corrected chi connectivity index (χ3v) is 4.36. The highest BCUT2D eigenvalue weighted by Crippen LogP contribution is 2.24. The lowest BCUT2D eigenvalue weighted by molar-refractivity contribution is 0.432. The molecule has 0 atom stereocenters. The van der Waals surface area contributed by atoms with E-state index in [4.69, 9.17) is 4.52 Å². The molecular formula is C20H24N4O2. The summed E-state index contributed by atoms with van der Waals surface area (Å²) in [5, 5.41) is 3.95. The number of rotatable bonds is 7. The van der Waals surface area contributed by atoms with E-state index in [0.717, 1.165) is 24.3 Å². The molecule has 6 nitrogen and oxygen atoms in total. The van der Waals surface area contributed by atoms with Crippen LogP contribution in [0.4, 0.5) is 5.69 Å². The standard InChI is InChI=1S/C20H24N4O2/c1-4-6-13-24(5-2)16-10-8-15(9-11-16)20-22-18(23-26-20)17-12-7-14(3)21-19(17)25/h7-12H,4-6,13H2,1-3H3,(H,21,25). The normalized spacial score (nSPS) is 10.9. The Morgan fingerprint density at radius 1 is 1.12 bits per heavy atom. The quantitative estimate of drug-likeness (QED) is 0.695. The molecule has 3 aromatic rings. The summed E-state index contributed by atoms with van der Waals surface area (Å²) in [5.74, 6) is 0.701. The van der Waals surface area contributed by atoms with E-state index in [1.165, 1.54) is 18.5 Å². The van der Waals surface area contributed by atoms with Gasteiger partial charge in [-0.15, -0.1) is 0 Å². The second kappa shape index (κ2) is 7.99. The Kier molecular flexibility index (Phi) is 5.51. The van der Waals surface area contributed by atoms with Crippen LogP contribution < -0.4 is 10.5 Å². The molecule has 0 amide bonds. The van der Waals surface area contributed by atoms with Gasteiger partial charge in [-0.25, -0.2) is 0 Å². The number of hydrogen-bond donors (Lipinski definition) is 1. The molecule has 0 saturated heterocycles. The van der Waals surface area contributed by atoms with Gasteiger partial charge in [0.2, 0.25) is 5.82 Å². The number of unbranched alkanes of at least 4 members (excludes halogenated alkanes) is 1. The molecule has 0 aliphatic heterocycles. The summed E-state index contributed by atoms with van der Waals surface area (Å²) in [7, 11) is 0. The minimum absolute atomic E-state index is 0.220. The van der Waals surface area contributed by atoms with E-state index in [9.17, 15) is 4.79 Å². The molecule has 136 valence electrons. The van der Waals surface area contributed by atoms with E-state index in [-0.39, 0.29) is 5.56 Å². The molecular weight excluding hydrogens is 328 g/mol. The molecule has 0 radical (unpaired) electrons. The minimum atomic E-state index is -0.220. The molecule has 0 bridgehead atoms. The lowest BCUT2D eigenvalue weighted by Crippen LogP contribution is -2.23. The fourth-order valence-corrected chi connectivity index (χ4v) is 2.83. The van der Waals surface area contributed by atoms with Gasteiger partial charge in [0.15, 0.2) is 0 Å².